The average molecular weight is 409 g/mol. The minimum Gasteiger partial charge on any atom is -0.339 e. The molecule has 2 heterocycles. The van der Waals surface area contributed by atoms with Gasteiger partial charge < -0.3 is 9.42 Å². The number of carbonyl (C=O) groups is 1. The number of anilines is 1. The number of halogens is 5. The molecule has 1 fully saturated rings. The molecule has 1 saturated heterocycles. The molecular formula is C19H12F5N3O2. The number of aromatic nitrogens is 2. The fourth-order valence-corrected chi connectivity index (χ4v) is 3.13. The molecule has 4 rings (SSSR count). The Kier molecular flexibility index (Phi) is 4.56. The molecule has 10 heteroatoms. The lowest BCUT2D eigenvalue weighted by molar-refractivity contribution is -0.137. The lowest BCUT2D eigenvalue weighted by Crippen LogP contribution is -2.24. The summed E-state index contributed by atoms with van der Waals surface area (Å²) in [4.78, 5) is 17.7. The van der Waals surface area contributed by atoms with E-state index < -0.39 is 29.3 Å². The Balaban J connectivity index is 1.56. The third kappa shape index (κ3) is 3.69. The summed E-state index contributed by atoms with van der Waals surface area (Å²) in [6, 6.07) is 7.60. The Bertz CT molecular complexity index is 1080. The fourth-order valence-electron chi connectivity index (χ4n) is 3.13. The molecule has 0 saturated carbocycles. The molecule has 1 aliphatic heterocycles. The third-order valence-corrected chi connectivity index (χ3v) is 4.58. The van der Waals surface area contributed by atoms with Crippen LogP contribution in [0.1, 0.15) is 23.8 Å². The van der Waals surface area contributed by atoms with Crippen molar-refractivity contribution in [2.75, 3.05) is 11.4 Å². The zero-order valence-electron chi connectivity index (χ0n) is 14.6. The number of nitrogens with zero attached hydrogens (tertiary/aromatic N) is 3. The molecule has 2 aromatic carbocycles. The highest BCUT2D eigenvalue weighted by molar-refractivity contribution is 5.96. The van der Waals surface area contributed by atoms with Crippen molar-refractivity contribution in [1.29, 1.82) is 0 Å². The molecule has 0 N–H and O–H groups in total. The van der Waals surface area contributed by atoms with Crippen LogP contribution in [0.15, 0.2) is 47.0 Å². The Labute approximate surface area is 160 Å². The number of amides is 1. The van der Waals surface area contributed by atoms with E-state index in [1.807, 2.05) is 0 Å². The first kappa shape index (κ1) is 19.0. The van der Waals surface area contributed by atoms with Crippen molar-refractivity contribution in [1.82, 2.24) is 10.1 Å². The van der Waals surface area contributed by atoms with Gasteiger partial charge in [0.05, 0.1) is 11.5 Å². The van der Waals surface area contributed by atoms with E-state index in [0.29, 0.717) is 0 Å². The molecule has 1 aliphatic rings. The Morgan fingerprint density at radius 3 is 2.59 bits per heavy atom. The highest BCUT2D eigenvalue weighted by atomic mass is 19.4. The average Bonchev–Trinajstić information content (AvgIpc) is 3.30. The first-order valence-corrected chi connectivity index (χ1v) is 8.49. The van der Waals surface area contributed by atoms with Gasteiger partial charge >= 0.3 is 6.18 Å². The number of hydrogen-bond acceptors (Lipinski definition) is 4. The van der Waals surface area contributed by atoms with E-state index >= 15 is 0 Å². The quantitative estimate of drug-likeness (QED) is 0.596. The predicted octanol–water partition coefficient (Wildman–Crippen LogP) is 4.55. The number of carbonyl (C=O) groups excluding carboxylic acids is 1. The van der Waals surface area contributed by atoms with E-state index in [4.69, 9.17) is 4.52 Å². The zero-order valence-corrected chi connectivity index (χ0v) is 14.6. The van der Waals surface area contributed by atoms with Gasteiger partial charge in [0.25, 0.3) is 0 Å². The van der Waals surface area contributed by atoms with E-state index in [1.165, 1.54) is 23.1 Å². The van der Waals surface area contributed by atoms with Crippen molar-refractivity contribution in [2.24, 2.45) is 0 Å². The Hall–Kier alpha value is -3.30. The van der Waals surface area contributed by atoms with Gasteiger partial charge in [0.2, 0.25) is 17.6 Å². The van der Waals surface area contributed by atoms with Crippen LogP contribution in [0.25, 0.3) is 11.4 Å². The van der Waals surface area contributed by atoms with Crippen LogP contribution in [0.2, 0.25) is 0 Å². The number of hydrogen-bond donors (Lipinski definition) is 0. The maximum atomic E-state index is 13.5. The van der Waals surface area contributed by atoms with Crippen LogP contribution in [0.5, 0.6) is 0 Å². The van der Waals surface area contributed by atoms with Gasteiger partial charge in [0.1, 0.15) is 0 Å². The summed E-state index contributed by atoms with van der Waals surface area (Å²) in [6.45, 7) is 0.0914. The minimum absolute atomic E-state index is 0.0107. The van der Waals surface area contributed by atoms with Crippen LogP contribution in [0, 0.1) is 11.6 Å². The zero-order chi connectivity index (χ0) is 20.8. The van der Waals surface area contributed by atoms with Crippen molar-refractivity contribution in [2.45, 2.75) is 18.5 Å². The minimum atomic E-state index is -4.51. The maximum Gasteiger partial charge on any atom is 0.416 e. The SMILES string of the molecule is O=C1CC(c2nc(-c3cccc(C(F)(F)F)c3)no2)CN1c1ccc(F)c(F)c1. The summed E-state index contributed by atoms with van der Waals surface area (Å²) in [7, 11) is 0. The largest absolute Gasteiger partial charge is 0.416 e. The summed E-state index contributed by atoms with van der Waals surface area (Å²) in [5, 5.41) is 3.71. The first-order valence-electron chi connectivity index (χ1n) is 8.49. The molecule has 150 valence electrons. The summed E-state index contributed by atoms with van der Waals surface area (Å²) in [5.41, 5.74) is -0.535. The molecule has 5 nitrogen and oxygen atoms in total. The molecule has 0 radical (unpaired) electrons. The van der Waals surface area contributed by atoms with Gasteiger partial charge in [-0.3, -0.25) is 4.79 Å². The normalized spacial score (nSPS) is 17.2. The van der Waals surface area contributed by atoms with Crippen LogP contribution in [0.4, 0.5) is 27.6 Å². The topological polar surface area (TPSA) is 59.2 Å². The second-order valence-electron chi connectivity index (χ2n) is 6.54. The summed E-state index contributed by atoms with van der Waals surface area (Å²) >= 11 is 0. The number of benzene rings is 2. The summed E-state index contributed by atoms with van der Waals surface area (Å²) in [5.74, 6) is -2.94. The monoisotopic (exact) mass is 409 g/mol. The highest BCUT2D eigenvalue weighted by Crippen LogP contribution is 2.34. The molecular weight excluding hydrogens is 397 g/mol. The lowest BCUT2D eigenvalue weighted by atomic mass is 10.1. The van der Waals surface area contributed by atoms with E-state index in [1.54, 1.807) is 0 Å². The number of alkyl halides is 3. The smallest absolute Gasteiger partial charge is 0.339 e. The molecule has 1 atom stereocenters. The van der Waals surface area contributed by atoms with Gasteiger partial charge in [0, 0.05) is 30.3 Å². The molecule has 1 amide bonds. The maximum absolute atomic E-state index is 13.5. The standard InChI is InChI=1S/C19H12F5N3O2/c20-14-5-4-13(8-15(14)21)27-9-11(7-16(27)28)18-25-17(26-29-18)10-2-1-3-12(6-10)19(22,23)24/h1-6,8,11H,7,9H2. The summed E-state index contributed by atoms with van der Waals surface area (Å²) in [6.07, 6.45) is -4.52. The molecule has 29 heavy (non-hydrogen) atoms. The van der Waals surface area contributed by atoms with Crippen LogP contribution in [-0.2, 0) is 11.0 Å². The van der Waals surface area contributed by atoms with Crippen molar-refractivity contribution in [3.8, 4) is 11.4 Å². The van der Waals surface area contributed by atoms with Crippen LogP contribution in [0.3, 0.4) is 0 Å². The van der Waals surface area contributed by atoms with Gasteiger partial charge in [0.15, 0.2) is 11.6 Å². The van der Waals surface area contributed by atoms with Gasteiger partial charge in [-0.2, -0.15) is 18.2 Å². The highest BCUT2D eigenvalue weighted by Gasteiger charge is 2.36. The molecule has 1 aromatic heterocycles. The predicted molar refractivity (Wildman–Crippen MR) is 90.8 cm³/mol. The lowest BCUT2D eigenvalue weighted by Gasteiger charge is -2.16. The summed E-state index contributed by atoms with van der Waals surface area (Å²) < 4.78 is 70.3. The van der Waals surface area contributed by atoms with E-state index in [0.717, 1.165) is 24.3 Å². The number of rotatable bonds is 3. The molecule has 0 bridgehead atoms. The van der Waals surface area contributed by atoms with E-state index in [2.05, 4.69) is 10.1 Å². The van der Waals surface area contributed by atoms with E-state index in [-0.39, 0.29) is 41.8 Å². The van der Waals surface area contributed by atoms with Gasteiger partial charge in [-0.05, 0) is 24.3 Å². The van der Waals surface area contributed by atoms with Crippen LogP contribution in [-0.4, -0.2) is 22.6 Å². The fraction of sp³-hybridized carbons (Fsp3) is 0.211. The van der Waals surface area contributed by atoms with Crippen LogP contribution < -0.4 is 4.90 Å². The van der Waals surface area contributed by atoms with Crippen molar-refractivity contribution < 1.29 is 31.3 Å². The van der Waals surface area contributed by atoms with E-state index in [9.17, 15) is 26.7 Å². The Morgan fingerprint density at radius 2 is 1.86 bits per heavy atom. The van der Waals surface area contributed by atoms with Crippen molar-refractivity contribution >= 4 is 11.6 Å². The third-order valence-electron chi connectivity index (χ3n) is 4.58. The second kappa shape index (κ2) is 6.94. The first-order chi connectivity index (χ1) is 13.7. The molecule has 3 aromatic rings. The second-order valence-corrected chi connectivity index (χ2v) is 6.54. The van der Waals surface area contributed by atoms with Gasteiger partial charge in [-0.15, -0.1) is 0 Å². The molecule has 0 aliphatic carbocycles. The van der Waals surface area contributed by atoms with Gasteiger partial charge in [-0.1, -0.05) is 17.3 Å². The molecule has 1 unspecified atom stereocenters. The molecule has 0 spiro atoms. The Morgan fingerprint density at radius 1 is 1.07 bits per heavy atom. The van der Waals surface area contributed by atoms with Crippen molar-refractivity contribution in [3.05, 3.63) is 65.6 Å². The van der Waals surface area contributed by atoms with Gasteiger partial charge in [-0.25, -0.2) is 8.78 Å². The van der Waals surface area contributed by atoms with Crippen LogP contribution >= 0.6 is 0 Å². The van der Waals surface area contributed by atoms with Crippen molar-refractivity contribution in [3.63, 3.8) is 0 Å².